The number of carboxylic acid groups (broad SMARTS) is 2. The Labute approximate surface area is 162 Å². The molecule has 0 aliphatic rings. The molecular formula is C22H20N2O4. The van der Waals surface area contributed by atoms with Crippen LogP contribution in [0.5, 0.6) is 0 Å². The van der Waals surface area contributed by atoms with Gasteiger partial charge in [-0.25, -0.2) is 0 Å². The standard InChI is InChI=1S/C12H10N2.C10H10O4/c1-3-9-13-11(5-1)7-8-12-6-2-4-10-14-12;11-9(12)6-8(10(13)14)7-4-2-1-3-5-7/h1-10H;1-5,8H,6H2,(H,11,12)(H,13,14)/b8-7+;/t;8-/m.1/s1. The quantitative estimate of drug-likeness (QED) is 0.675. The van der Waals surface area contributed by atoms with E-state index < -0.39 is 17.9 Å². The summed E-state index contributed by atoms with van der Waals surface area (Å²) in [5, 5.41) is 17.3. The monoisotopic (exact) mass is 376 g/mol. The van der Waals surface area contributed by atoms with Gasteiger partial charge in [-0.1, -0.05) is 42.5 Å². The molecule has 0 bridgehead atoms. The van der Waals surface area contributed by atoms with Crippen LogP contribution in [0.25, 0.3) is 12.2 Å². The first-order chi connectivity index (χ1) is 13.6. The van der Waals surface area contributed by atoms with Gasteiger partial charge in [0.1, 0.15) is 0 Å². The summed E-state index contributed by atoms with van der Waals surface area (Å²) in [5.74, 6) is -3.19. The van der Waals surface area contributed by atoms with Gasteiger partial charge in [0.15, 0.2) is 0 Å². The number of nitrogens with zero attached hydrogens (tertiary/aromatic N) is 2. The summed E-state index contributed by atoms with van der Waals surface area (Å²) < 4.78 is 0. The Morgan fingerprint density at radius 2 is 1.29 bits per heavy atom. The van der Waals surface area contributed by atoms with Crippen LogP contribution in [0, 0.1) is 0 Å². The number of carbonyl (C=O) groups is 2. The molecule has 0 spiro atoms. The maximum absolute atomic E-state index is 10.8. The van der Waals surface area contributed by atoms with E-state index in [-0.39, 0.29) is 6.42 Å². The molecule has 0 saturated heterocycles. The third-order valence-corrected chi connectivity index (χ3v) is 3.68. The topological polar surface area (TPSA) is 100 Å². The highest BCUT2D eigenvalue weighted by Gasteiger charge is 2.22. The van der Waals surface area contributed by atoms with Crippen LogP contribution < -0.4 is 0 Å². The summed E-state index contributed by atoms with van der Waals surface area (Å²) in [5.41, 5.74) is 2.40. The van der Waals surface area contributed by atoms with Gasteiger partial charge in [-0.15, -0.1) is 0 Å². The van der Waals surface area contributed by atoms with Crippen molar-refractivity contribution in [2.75, 3.05) is 0 Å². The summed E-state index contributed by atoms with van der Waals surface area (Å²) in [6, 6.07) is 20.0. The summed E-state index contributed by atoms with van der Waals surface area (Å²) in [4.78, 5) is 29.6. The maximum atomic E-state index is 10.8. The second kappa shape index (κ2) is 11.0. The molecule has 1 atom stereocenters. The second-order valence-corrected chi connectivity index (χ2v) is 5.74. The van der Waals surface area contributed by atoms with E-state index in [1.807, 2.05) is 48.6 Å². The lowest BCUT2D eigenvalue weighted by Crippen LogP contribution is -2.15. The Balaban J connectivity index is 0.000000200. The van der Waals surface area contributed by atoms with Crippen molar-refractivity contribution in [3.05, 3.63) is 96.1 Å². The van der Waals surface area contributed by atoms with Crippen LogP contribution in [0.4, 0.5) is 0 Å². The van der Waals surface area contributed by atoms with Gasteiger partial charge in [0.05, 0.1) is 23.7 Å². The third-order valence-electron chi connectivity index (χ3n) is 3.68. The van der Waals surface area contributed by atoms with Crippen molar-refractivity contribution in [2.45, 2.75) is 12.3 Å². The van der Waals surface area contributed by atoms with Crippen molar-refractivity contribution in [3.63, 3.8) is 0 Å². The Bertz CT molecular complexity index is 856. The van der Waals surface area contributed by atoms with Gasteiger partial charge in [-0.2, -0.15) is 0 Å². The lowest BCUT2D eigenvalue weighted by molar-refractivity contribution is -0.145. The van der Waals surface area contributed by atoms with Crippen LogP contribution in [-0.2, 0) is 9.59 Å². The van der Waals surface area contributed by atoms with Crippen molar-refractivity contribution in [1.82, 2.24) is 9.97 Å². The van der Waals surface area contributed by atoms with E-state index in [0.29, 0.717) is 5.56 Å². The minimum Gasteiger partial charge on any atom is -0.481 e. The van der Waals surface area contributed by atoms with Crippen molar-refractivity contribution in [3.8, 4) is 0 Å². The number of hydrogen-bond acceptors (Lipinski definition) is 4. The molecule has 2 aromatic heterocycles. The smallest absolute Gasteiger partial charge is 0.311 e. The van der Waals surface area contributed by atoms with Crippen LogP contribution in [0.15, 0.2) is 79.1 Å². The molecule has 0 fully saturated rings. The predicted octanol–water partition coefficient (Wildman–Crippen LogP) is 3.98. The Morgan fingerprint density at radius 3 is 1.68 bits per heavy atom. The number of carboxylic acids is 2. The number of pyridine rings is 2. The molecule has 3 rings (SSSR count). The van der Waals surface area contributed by atoms with Gasteiger partial charge in [0, 0.05) is 12.4 Å². The second-order valence-electron chi connectivity index (χ2n) is 5.74. The van der Waals surface area contributed by atoms with Crippen molar-refractivity contribution in [2.24, 2.45) is 0 Å². The molecule has 6 nitrogen and oxygen atoms in total. The summed E-state index contributed by atoms with van der Waals surface area (Å²) in [6.07, 6.45) is 7.06. The molecule has 0 saturated carbocycles. The molecule has 2 N–H and O–H groups in total. The molecule has 3 aromatic rings. The highest BCUT2D eigenvalue weighted by molar-refractivity contribution is 5.82. The SMILES string of the molecule is C(=C\c1ccccn1)/c1ccccn1.O=C(O)C[C@@H](C(=O)O)c1ccccc1. The normalized spacial score (nSPS) is 11.3. The van der Waals surface area contributed by atoms with E-state index in [1.54, 1.807) is 42.7 Å². The van der Waals surface area contributed by atoms with Crippen LogP contribution in [0.2, 0.25) is 0 Å². The number of rotatable bonds is 6. The van der Waals surface area contributed by atoms with E-state index in [9.17, 15) is 9.59 Å². The molecule has 142 valence electrons. The van der Waals surface area contributed by atoms with Crippen LogP contribution in [0.1, 0.15) is 29.3 Å². The highest BCUT2D eigenvalue weighted by Crippen LogP contribution is 2.19. The van der Waals surface area contributed by atoms with Crippen LogP contribution in [-0.4, -0.2) is 32.1 Å². The van der Waals surface area contributed by atoms with Crippen molar-refractivity contribution >= 4 is 24.1 Å². The molecule has 0 aliphatic heterocycles. The number of hydrogen-bond donors (Lipinski definition) is 2. The van der Waals surface area contributed by atoms with E-state index in [1.165, 1.54) is 0 Å². The van der Waals surface area contributed by atoms with E-state index in [4.69, 9.17) is 10.2 Å². The zero-order valence-electron chi connectivity index (χ0n) is 15.1. The molecule has 0 radical (unpaired) electrons. The minimum atomic E-state index is -1.11. The number of benzene rings is 1. The third kappa shape index (κ3) is 7.21. The fraction of sp³-hybridized carbons (Fsp3) is 0.0909. The van der Waals surface area contributed by atoms with Gasteiger partial charge < -0.3 is 10.2 Å². The van der Waals surface area contributed by atoms with E-state index in [0.717, 1.165) is 11.4 Å². The van der Waals surface area contributed by atoms with Gasteiger partial charge in [-0.05, 0) is 42.0 Å². The Kier molecular flexibility index (Phi) is 8.08. The first kappa shape index (κ1) is 20.5. The largest absolute Gasteiger partial charge is 0.481 e. The fourth-order valence-corrected chi connectivity index (χ4v) is 2.33. The summed E-state index contributed by atoms with van der Waals surface area (Å²) in [7, 11) is 0. The number of aromatic nitrogens is 2. The van der Waals surface area contributed by atoms with E-state index in [2.05, 4.69) is 9.97 Å². The van der Waals surface area contributed by atoms with Gasteiger partial charge in [0.25, 0.3) is 0 Å². The first-order valence-corrected chi connectivity index (χ1v) is 8.56. The lowest BCUT2D eigenvalue weighted by atomic mass is 9.96. The molecule has 1 aromatic carbocycles. The average molecular weight is 376 g/mol. The molecule has 0 unspecified atom stereocenters. The van der Waals surface area contributed by atoms with Crippen molar-refractivity contribution in [1.29, 1.82) is 0 Å². The molecule has 6 heteroatoms. The van der Waals surface area contributed by atoms with Crippen LogP contribution >= 0.6 is 0 Å². The first-order valence-electron chi connectivity index (χ1n) is 8.56. The Morgan fingerprint density at radius 1 is 0.786 bits per heavy atom. The molecular weight excluding hydrogens is 356 g/mol. The predicted molar refractivity (Wildman–Crippen MR) is 106 cm³/mol. The van der Waals surface area contributed by atoms with Crippen LogP contribution in [0.3, 0.4) is 0 Å². The fourth-order valence-electron chi connectivity index (χ4n) is 2.33. The lowest BCUT2D eigenvalue weighted by Gasteiger charge is -2.09. The summed E-state index contributed by atoms with van der Waals surface area (Å²) in [6.45, 7) is 0. The maximum Gasteiger partial charge on any atom is 0.311 e. The number of aliphatic carboxylic acids is 2. The Hall–Kier alpha value is -3.80. The molecule has 28 heavy (non-hydrogen) atoms. The van der Waals surface area contributed by atoms with Crippen molar-refractivity contribution < 1.29 is 19.8 Å². The molecule has 0 amide bonds. The van der Waals surface area contributed by atoms with E-state index >= 15 is 0 Å². The zero-order valence-corrected chi connectivity index (χ0v) is 15.1. The van der Waals surface area contributed by atoms with Gasteiger partial charge in [0.2, 0.25) is 0 Å². The molecule has 2 heterocycles. The van der Waals surface area contributed by atoms with Gasteiger partial charge in [-0.3, -0.25) is 19.6 Å². The summed E-state index contributed by atoms with van der Waals surface area (Å²) >= 11 is 0. The minimum absolute atomic E-state index is 0.390. The van der Waals surface area contributed by atoms with Gasteiger partial charge >= 0.3 is 11.9 Å². The average Bonchev–Trinajstić information content (AvgIpc) is 2.73. The highest BCUT2D eigenvalue weighted by atomic mass is 16.4. The zero-order chi connectivity index (χ0) is 20.2. The molecule has 0 aliphatic carbocycles.